The highest BCUT2D eigenvalue weighted by molar-refractivity contribution is 6.05. The van der Waals surface area contributed by atoms with Crippen LogP contribution in [0.1, 0.15) is 63.5 Å². The lowest BCUT2D eigenvalue weighted by Gasteiger charge is -2.37. The van der Waals surface area contributed by atoms with Crippen LogP contribution in [0.25, 0.3) is 0 Å². The summed E-state index contributed by atoms with van der Waals surface area (Å²) in [7, 11) is 0. The summed E-state index contributed by atoms with van der Waals surface area (Å²) in [4.78, 5) is 45.3. The molecule has 208 valence electrons. The average molecular weight is 527 g/mol. The molecule has 3 aliphatic heterocycles. The summed E-state index contributed by atoms with van der Waals surface area (Å²) in [5.41, 5.74) is 0.805. The van der Waals surface area contributed by atoms with Gasteiger partial charge < -0.3 is 24.4 Å². The quantitative estimate of drug-likeness (QED) is 0.253. The van der Waals surface area contributed by atoms with Crippen molar-refractivity contribution in [2.24, 2.45) is 11.8 Å². The summed E-state index contributed by atoms with van der Waals surface area (Å²) in [6.45, 7) is 12.5. The van der Waals surface area contributed by atoms with Crippen molar-refractivity contribution in [2.75, 3.05) is 31.2 Å². The maximum atomic E-state index is 14.6. The van der Waals surface area contributed by atoms with Gasteiger partial charge >= 0.3 is 5.97 Å². The molecule has 4 rings (SSSR count). The number of amides is 2. The Labute approximate surface area is 226 Å². The van der Waals surface area contributed by atoms with Gasteiger partial charge in [0.25, 0.3) is 5.91 Å². The molecule has 0 aromatic heterocycles. The molecule has 38 heavy (non-hydrogen) atoms. The van der Waals surface area contributed by atoms with Crippen LogP contribution in [0.3, 0.4) is 0 Å². The number of likely N-dealkylation sites (tertiary alicyclic amines) is 1. The summed E-state index contributed by atoms with van der Waals surface area (Å²) < 4.78 is 12.1. The zero-order valence-electron chi connectivity index (χ0n) is 23.2. The third kappa shape index (κ3) is 4.56. The van der Waals surface area contributed by atoms with Gasteiger partial charge in [0, 0.05) is 25.4 Å². The summed E-state index contributed by atoms with van der Waals surface area (Å²) in [5, 5.41) is 9.14. The highest BCUT2D eigenvalue weighted by Crippen LogP contribution is 2.63. The molecular formula is C30H42N2O6. The molecule has 1 N–H and O–H groups in total. The minimum absolute atomic E-state index is 0.134. The number of benzene rings is 1. The van der Waals surface area contributed by atoms with E-state index in [4.69, 9.17) is 14.6 Å². The molecule has 0 aliphatic carbocycles. The molecular weight excluding hydrogens is 484 g/mol. The Balaban J connectivity index is 1.77. The number of carbonyl (C=O) groups is 3. The van der Waals surface area contributed by atoms with Crippen LogP contribution in [0.5, 0.6) is 0 Å². The lowest BCUT2D eigenvalue weighted by molar-refractivity contribution is -0.159. The molecule has 1 aromatic rings. The Kier molecular flexibility index (Phi) is 8.33. The van der Waals surface area contributed by atoms with Gasteiger partial charge in [-0.05, 0) is 64.5 Å². The number of anilines is 1. The molecule has 3 aliphatic rings. The standard InChI is InChI=1S/C30H42N2O6/c1-6-17-31(24-20(3)13-12-14-21(24)4)27(35)25-30-16-15-29(5,38-30)23(28(36)37-7-2)22(30)26(34)32(25)18-10-8-9-11-19-33/h6,12-14,22-23,25,33H,1,7-11,15-19H2,2-5H3/t22-,23+,25?,29-,30?/m0/s1. The number of hydrogen-bond acceptors (Lipinski definition) is 6. The fourth-order valence-corrected chi connectivity index (χ4v) is 7.08. The van der Waals surface area contributed by atoms with Crippen LogP contribution in [-0.2, 0) is 23.9 Å². The van der Waals surface area contributed by atoms with E-state index in [0.717, 1.165) is 29.7 Å². The van der Waals surface area contributed by atoms with Gasteiger partial charge in [-0.3, -0.25) is 14.4 Å². The number of ether oxygens (including phenoxy) is 2. The predicted molar refractivity (Wildman–Crippen MR) is 145 cm³/mol. The third-order valence-corrected chi connectivity index (χ3v) is 8.65. The SMILES string of the molecule is C=CCN(C(=O)C1N(CCCCCCO)C(=O)[C@@H]2[C@H](C(=O)OCC)[C@]3(C)CCC12O3)c1c(C)cccc1C. The Morgan fingerprint density at radius 1 is 1.21 bits per heavy atom. The Hall–Kier alpha value is -2.71. The smallest absolute Gasteiger partial charge is 0.312 e. The average Bonchev–Trinajstić information content (AvgIpc) is 3.44. The van der Waals surface area contributed by atoms with Crippen LogP contribution < -0.4 is 4.90 Å². The number of aliphatic hydroxyl groups is 1. The molecule has 1 aromatic carbocycles. The molecule has 0 radical (unpaired) electrons. The van der Waals surface area contributed by atoms with Crippen molar-refractivity contribution in [2.45, 2.75) is 83.5 Å². The van der Waals surface area contributed by atoms with E-state index in [1.165, 1.54) is 0 Å². The van der Waals surface area contributed by atoms with E-state index in [1.54, 1.807) is 22.8 Å². The van der Waals surface area contributed by atoms with Crippen molar-refractivity contribution >= 4 is 23.5 Å². The van der Waals surface area contributed by atoms with Gasteiger partial charge in [-0.2, -0.15) is 0 Å². The Bertz CT molecular complexity index is 1070. The van der Waals surface area contributed by atoms with E-state index in [0.29, 0.717) is 38.8 Å². The van der Waals surface area contributed by atoms with E-state index in [9.17, 15) is 14.4 Å². The minimum atomic E-state index is -1.08. The first-order valence-electron chi connectivity index (χ1n) is 13.9. The van der Waals surface area contributed by atoms with Crippen LogP contribution in [0.2, 0.25) is 0 Å². The van der Waals surface area contributed by atoms with Gasteiger partial charge in [0.1, 0.15) is 17.6 Å². The second-order valence-corrected chi connectivity index (χ2v) is 11.1. The van der Waals surface area contributed by atoms with Crippen molar-refractivity contribution < 1.29 is 29.0 Å². The van der Waals surface area contributed by atoms with Gasteiger partial charge in [0.05, 0.1) is 18.1 Å². The van der Waals surface area contributed by atoms with Crippen LogP contribution >= 0.6 is 0 Å². The molecule has 3 heterocycles. The van der Waals surface area contributed by atoms with Gasteiger partial charge in [0.15, 0.2) is 0 Å². The highest BCUT2D eigenvalue weighted by atomic mass is 16.6. The number of unbranched alkanes of at least 4 members (excludes halogenated alkanes) is 3. The number of aliphatic hydroxyl groups excluding tert-OH is 1. The van der Waals surface area contributed by atoms with Crippen molar-refractivity contribution in [3.05, 3.63) is 42.0 Å². The molecule has 1 spiro atoms. The lowest BCUT2D eigenvalue weighted by atomic mass is 9.66. The molecule has 0 saturated carbocycles. The van der Waals surface area contributed by atoms with Crippen molar-refractivity contribution in [3.63, 3.8) is 0 Å². The van der Waals surface area contributed by atoms with Crippen LogP contribution in [0.4, 0.5) is 5.69 Å². The maximum Gasteiger partial charge on any atom is 0.312 e. The number of fused-ring (bicyclic) bond motifs is 1. The first-order valence-corrected chi connectivity index (χ1v) is 13.9. The second kappa shape index (κ2) is 11.2. The largest absolute Gasteiger partial charge is 0.466 e. The van der Waals surface area contributed by atoms with Crippen molar-refractivity contribution in [1.82, 2.24) is 4.90 Å². The van der Waals surface area contributed by atoms with Gasteiger partial charge in [-0.25, -0.2) is 0 Å². The lowest BCUT2D eigenvalue weighted by Crippen LogP contribution is -2.56. The molecule has 5 atom stereocenters. The molecule has 3 fully saturated rings. The number of carbonyl (C=O) groups excluding carboxylic acids is 3. The third-order valence-electron chi connectivity index (χ3n) is 8.65. The molecule has 3 saturated heterocycles. The van der Waals surface area contributed by atoms with E-state index in [-0.39, 0.29) is 25.0 Å². The molecule has 2 bridgehead atoms. The monoisotopic (exact) mass is 526 g/mol. The second-order valence-electron chi connectivity index (χ2n) is 11.1. The van der Waals surface area contributed by atoms with Gasteiger partial charge in [0.2, 0.25) is 5.91 Å². The van der Waals surface area contributed by atoms with Gasteiger partial charge in [-0.1, -0.05) is 37.1 Å². The molecule has 2 unspecified atom stereocenters. The number of hydrogen-bond donors (Lipinski definition) is 1. The maximum absolute atomic E-state index is 14.6. The van der Waals surface area contributed by atoms with Crippen LogP contribution in [0, 0.1) is 25.7 Å². The summed E-state index contributed by atoms with van der Waals surface area (Å²) in [5.74, 6) is -2.33. The number of rotatable bonds is 12. The highest BCUT2D eigenvalue weighted by Gasteiger charge is 2.78. The molecule has 2 amide bonds. The normalized spacial score (nSPS) is 29.4. The Morgan fingerprint density at radius 2 is 1.89 bits per heavy atom. The van der Waals surface area contributed by atoms with Crippen molar-refractivity contribution in [3.8, 4) is 0 Å². The predicted octanol–water partition coefficient (Wildman–Crippen LogP) is 3.70. The van der Waals surface area contributed by atoms with E-state index in [1.807, 2.05) is 39.0 Å². The van der Waals surface area contributed by atoms with Crippen molar-refractivity contribution in [1.29, 1.82) is 0 Å². The van der Waals surface area contributed by atoms with Crippen LogP contribution in [-0.4, -0.2) is 71.3 Å². The van der Waals surface area contributed by atoms with Gasteiger partial charge in [-0.15, -0.1) is 6.58 Å². The minimum Gasteiger partial charge on any atom is -0.466 e. The number of para-hydroxylation sites is 1. The first-order chi connectivity index (χ1) is 18.2. The first kappa shape index (κ1) is 28.3. The molecule has 8 heteroatoms. The van der Waals surface area contributed by atoms with Crippen LogP contribution in [0.15, 0.2) is 30.9 Å². The zero-order chi connectivity index (χ0) is 27.7. The topological polar surface area (TPSA) is 96.4 Å². The number of nitrogens with zero attached hydrogens (tertiary/aromatic N) is 2. The molecule has 8 nitrogen and oxygen atoms in total. The fourth-order valence-electron chi connectivity index (χ4n) is 7.08. The number of esters is 1. The van der Waals surface area contributed by atoms with E-state index >= 15 is 0 Å². The summed E-state index contributed by atoms with van der Waals surface area (Å²) in [6.07, 6.45) is 5.89. The Morgan fingerprint density at radius 3 is 2.53 bits per heavy atom. The zero-order valence-corrected chi connectivity index (χ0v) is 23.2. The summed E-state index contributed by atoms with van der Waals surface area (Å²) in [6, 6.07) is 5.06. The van der Waals surface area contributed by atoms with E-state index < -0.39 is 35.0 Å². The van der Waals surface area contributed by atoms with E-state index in [2.05, 4.69) is 6.58 Å². The fraction of sp³-hybridized carbons (Fsp3) is 0.633. The number of aryl methyl sites for hydroxylation is 2. The summed E-state index contributed by atoms with van der Waals surface area (Å²) >= 11 is 0.